The lowest BCUT2D eigenvalue weighted by atomic mass is 10.0. The molecule has 0 bridgehead atoms. The second-order valence-corrected chi connectivity index (χ2v) is 12.7. The molecule has 4 aromatic carbocycles. The number of rotatable bonds is 8. The minimum Gasteiger partial charge on any atom is -0.451 e. The Balaban J connectivity index is 1.34. The van der Waals surface area contributed by atoms with E-state index >= 15 is 4.39 Å². The molecule has 47 heavy (non-hydrogen) atoms. The van der Waals surface area contributed by atoms with E-state index < -0.39 is 17.2 Å². The number of carbonyl (C=O) groups excluding carboxylic acids is 1. The third kappa shape index (κ3) is 5.01. The highest BCUT2D eigenvalue weighted by Gasteiger charge is 2.24. The van der Waals surface area contributed by atoms with Gasteiger partial charge in [0.05, 0.1) is 10.9 Å². The number of aromatic nitrogens is 1. The topological polar surface area (TPSA) is 116 Å². The Morgan fingerprint density at radius 2 is 1.38 bits per heavy atom. The van der Waals surface area contributed by atoms with Gasteiger partial charge in [-0.1, -0.05) is 24.3 Å². The summed E-state index contributed by atoms with van der Waals surface area (Å²) in [6.45, 7) is 6.10. The number of anilines is 1. The van der Waals surface area contributed by atoms with Crippen molar-refractivity contribution in [2.24, 2.45) is 0 Å². The zero-order valence-corrected chi connectivity index (χ0v) is 25.9. The van der Waals surface area contributed by atoms with Crippen molar-refractivity contribution in [2.45, 2.75) is 25.7 Å². The second kappa shape index (κ2) is 11.7. The maximum absolute atomic E-state index is 15.9. The minimum atomic E-state index is -0.689. The minimum absolute atomic E-state index is 0.0223. The number of nitrogens with one attached hydrogen (secondary N) is 2. The van der Waals surface area contributed by atoms with Crippen LogP contribution >= 0.6 is 0 Å². The van der Waals surface area contributed by atoms with Crippen molar-refractivity contribution in [2.75, 3.05) is 57.7 Å². The molecule has 0 unspecified atom stereocenters. The Morgan fingerprint density at radius 3 is 2.04 bits per heavy atom. The molecule has 6 aromatic rings. The number of hydrogen-bond acceptors (Lipinski definition) is 8. The molecule has 4 heterocycles. The van der Waals surface area contributed by atoms with E-state index in [9.17, 15) is 19.2 Å². The van der Waals surface area contributed by atoms with Crippen molar-refractivity contribution >= 4 is 60.7 Å². The van der Waals surface area contributed by atoms with E-state index in [-0.39, 0.29) is 54.9 Å². The van der Waals surface area contributed by atoms with Gasteiger partial charge in [0, 0.05) is 53.9 Å². The molecule has 0 atom stereocenters. The van der Waals surface area contributed by atoms with E-state index in [4.69, 9.17) is 4.42 Å². The smallest absolute Gasteiger partial charge is 0.256 e. The Hall–Kier alpha value is -4.87. The summed E-state index contributed by atoms with van der Waals surface area (Å²) in [7, 11) is 0. The van der Waals surface area contributed by atoms with Crippen LogP contribution in [0, 0.1) is 5.82 Å². The molecule has 8 rings (SSSR count). The lowest BCUT2D eigenvalue weighted by Crippen LogP contribution is -2.35. The number of amides is 1. The van der Waals surface area contributed by atoms with Crippen LogP contribution in [0.4, 0.5) is 10.1 Å². The predicted molar refractivity (Wildman–Crippen MR) is 182 cm³/mol. The fourth-order valence-electron chi connectivity index (χ4n) is 7.31. The van der Waals surface area contributed by atoms with Crippen molar-refractivity contribution in [1.29, 1.82) is 0 Å². The summed E-state index contributed by atoms with van der Waals surface area (Å²) in [5, 5.41) is 6.99. The third-order valence-electron chi connectivity index (χ3n) is 9.76. The van der Waals surface area contributed by atoms with E-state index in [2.05, 4.69) is 20.4 Å². The van der Waals surface area contributed by atoms with Crippen molar-refractivity contribution in [1.82, 2.24) is 19.5 Å². The van der Waals surface area contributed by atoms with E-state index in [1.165, 1.54) is 12.3 Å². The highest BCUT2D eigenvalue weighted by molar-refractivity contribution is 6.08. The van der Waals surface area contributed by atoms with Gasteiger partial charge in [0.25, 0.3) is 5.91 Å². The van der Waals surface area contributed by atoms with Crippen molar-refractivity contribution < 1.29 is 13.6 Å². The third-order valence-corrected chi connectivity index (χ3v) is 9.76. The van der Waals surface area contributed by atoms with E-state index in [1.54, 1.807) is 34.7 Å². The molecule has 0 aliphatic carbocycles. The monoisotopic (exact) mass is 635 g/mol. The maximum atomic E-state index is 15.9. The van der Waals surface area contributed by atoms with Crippen molar-refractivity contribution in [3.05, 3.63) is 90.7 Å². The van der Waals surface area contributed by atoms with Crippen LogP contribution in [0.2, 0.25) is 0 Å². The molecular formula is C36H34FN5O5. The average Bonchev–Trinajstić information content (AvgIpc) is 3.80. The van der Waals surface area contributed by atoms with Gasteiger partial charge in [-0.2, -0.15) is 0 Å². The van der Waals surface area contributed by atoms with Gasteiger partial charge in [-0.15, -0.1) is 0 Å². The van der Waals surface area contributed by atoms with E-state index in [0.717, 1.165) is 57.9 Å². The van der Waals surface area contributed by atoms with Gasteiger partial charge in [0.15, 0.2) is 27.8 Å². The zero-order chi connectivity index (χ0) is 32.2. The Kier molecular flexibility index (Phi) is 7.37. The summed E-state index contributed by atoms with van der Waals surface area (Å²) in [4.78, 5) is 59.0. The van der Waals surface area contributed by atoms with E-state index in [0.29, 0.717) is 42.5 Å². The fraction of sp³-hybridized carbons (Fsp3) is 0.333. The molecule has 240 valence electrons. The molecule has 1 amide bonds. The number of benzene rings is 4. The van der Waals surface area contributed by atoms with Crippen molar-refractivity contribution in [3.63, 3.8) is 0 Å². The average molecular weight is 636 g/mol. The van der Waals surface area contributed by atoms with Crippen LogP contribution in [0.15, 0.2) is 67.5 Å². The summed E-state index contributed by atoms with van der Waals surface area (Å²) in [5.41, 5.74) is -0.399. The normalized spacial score (nSPS) is 16.0. The molecule has 11 heteroatoms. The molecule has 2 saturated heterocycles. The van der Waals surface area contributed by atoms with Crippen LogP contribution in [0.25, 0.3) is 49.1 Å². The number of likely N-dealkylation sites (tertiary alicyclic amines) is 2. The van der Waals surface area contributed by atoms with Gasteiger partial charge in [0.1, 0.15) is 16.8 Å². The molecule has 2 N–H and O–H groups in total. The first kappa shape index (κ1) is 29.5. The Bertz CT molecular complexity index is 2390. The van der Waals surface area contributed by atoms with E-state index in [1.807, 2.05) is 0 Å². The largest absolute Gasteiger partial charge is 0.451 e. The first-order valence-electron chi connectivity index (χ1n) is 16.3. The van der Waals surface area contributed by atoms with Gasteiger partial charge in [-0.05, 0) is 70.1 Å². The number of halogens is 1. The fourth-order valence-corrected chi connectivity index (χ4v) is 7.31. The zero-order valence-electron chi connectivity index (χ0n) is 25.9. The predicted octanol–water partition coefficient (Wildman–Crippen LogP) is 4.14. The van der Waals surface area contributed by atoms with Gasteiger partial charge in [-0.3, -0.25) is 19.2 Å². The second-order valence-electron chi connectivity index (χ2n) is 12.7. The molecule has 0 radical (unpaired) electrons. The highest BCUT2D eigenvalue weighted by atomic mass is 19.1. The van der Waals surface area contributed by atoms with Crippen LogP contribution in [0.1, 0.15) is 36.0 Å². The lowest BCUT2D eigenvalue weighted by Gasteiger charge is -2.19. The van der Waals surface area contributed by atoms with Crippen LogP contribution in [-0.2, 0) is 0 Å². The molecule has 0 saturated carbocycles. The van der Waals surface area contributed by atoms with Gasteiger partial charge >= 0.3 is 0 Å². The number of pyridine rings is 1. The van der Waals surface area contributed by atoms with Crippen LogP contribution < -0.4 is 26.9 Å². The highest BCUT2D eigenvalue weighted by Crippen LogP contribution is 2.34. The number of carbonyl (C=O) groups is 1. The van der Waals surface area contributed by atoms with Crippen LogP contribution in [-0.4, -0.2) is 72.5 Å². The summed E-state index contributed by atoms with van der Waals surface area (Å²) < 4.78 is 23.9. The molecule has 2 aliphatic heterocycles. The SMILES string of the molecule is O=C(NCCN1CCCC1)c1cn2c3cc4c(=O)c5ccccc5c(=O)c4cc3oc3c(NCCN4CCCC4)c(F)cc(c1=O)c32. The van der Waals surface area contributed by atoms with Crippen molar-refractivity contribution in [3.8, 4) is 0 Å². The maximum Gasteiger partial charge on any atom is 0.256 e. The number of nitrogens with zero attached hydrogens (tertiary/aromatic N) is 3. The van der Waals surface area contributed by atoms with Gasteiger partial charge < -0.3 is 29.3 Å². The molecule has 2 aromatic heterocycles. The summed E-state index contributed by atoms with van der Waals surface area (Å²) in [6, 6.07) is 10.9. The molecule has 2 aliphatic rings. The number of fused-ring (bicyclic) bond motifs is 4. The van der Waals surface area contributed by atoms with Crippen LogP contribution in [0.5, 0.6) is 0 Å². The summed E-state index contributed by atoms with van der Waals surface area (Å²) in [6.07, 6.45) is 5.94. The van der Waals surface area contributed by atoms with Gasteiger partial charge in [0.2, 0.25) is 5.43 Å². The quantitative estimate of drug-likeness (QED) is 0.190. The van der Waals surface area contributed by atoms with Gasteiger partial charge in [-0.25, -0.2) is 4.39 Å². The first-order chi connectivity index (χ1) is 22.9. The Morgan fingerprint density at radius 1 is 0.766 bits per heavy atom. The standard InChI is InChI=1S/C36H34FN5O5/c37-27-17-25-31-35(30(27)38-9-15-40-11-3-4-12-40)47-29-19-24-23(32(43)21-7-1-2-8-22(21)33(24)44)18-28(29)42(31)20-26(34(25)45)36(46)39-10-16-41-13-5-6-14-41/h1-2,7-8,17-20,38H,3-6,9-16H2,(H,39,46). The lowest BCUT2D eigenvalue weighted by molar-refractivity contribution is 0.0948. The molecule has 10 nitrogen and oxygen atoms in total. The first-order valence-corrected chi connectivity index (χ1v) is 16.3. The molecular weight excluding hydrogens is 601 g/mol. The summed E-state index contributed by atoms with van der Waals surface area (Å²) >= 11 is 0. The molecule has 0 spiro atoms. The Labute approximate surface area is 267 Å². The summed E-state index contributed by atoms with van der Waals surface area (Å²) in [5.74, 6) is -1.26. The van der Waals surface area contributed by atoms with Crippen LogP contribution in [0.3, 0.4) is 0 Å². The molecule has 2 fully saturated rings. The number of hydrogen-bond donors (Lipinski definition) is 2.